The summed E-state index contributed by atoms with van der Waals surface area (Å²) in [6, 6.07) is -0.427. The van der Waals surface area contributed by atoms with Crippen molar-refractivity contribution < 1.29 is 9.90 Å². The standard InChI is InChI=1S/C9H20N2O2/c1-3-7(2)8(10)9(13)11-5-4-6-12/h7-8,12H,3-6,10H2,1-2H3,(H,11,13). The van der Waals surface area contributed by atoms with E-state index in [0.717, 1.165) is 6.42 Å². The molecule has 0 spiro atoms. The van der Waals surface area contributed by atoms with Crippen LogP contribution in [-0.4, -0.2) is 30.2 Å². The molecule has 0 aromatic heterocycles. The van der Waals surface area contributed by atoms with Gasteiger partial charge in [-0.25, -0.2) is 0 Å². The molecule has 0 heterocycles. The van der Waals surface area contributed by atoms with Crippen LogP contribution in [0.25, 0.3) is 0 Å². The van der Waals surface area contributed by atoms with Crippen molar-refractivity contribution in [1.82, 2.24) is 5.32 Å². The molecule has 0 aliphatic heterocycles. The van der Waals surface area contributed by atoms with E-state index in [1.807, 2.05) is 13.8 Å². The average Bonchev–Trinajstić information content (AvgIpc) is 2.15. The maximum atomic E-state index is 11.3. The predicted molar refractivity (Wildman–Crippen MR) is 52.1 cm³/mol. The van der Waals surface area contributed by atoms with Gasteiger partial charge < -0.3 is 16.2 Å². The van der Waals surface area contributed by atoms with Crippen LogP contribution in [-0.2, 0) is 4.79 Å². The van der Waals surface area contributed by atoms with Crippen molar-refractivity contribution in [1.29, 1.82) is 0 Å². The number of aliphatic hydroxyl groups is 1. The molecule has 4 N–H and O–H groups in total. The summed E-state index contributed by atoms with van der Waals surface area (Å²) in [5.74, 6) is 0.0805. The Bertz CT molecular complexity index is 151. The van der Waals surface area contributed by atoms with Crippen molar-refractivity contribution in [2.24, 2.45) is 11.7 Å². The maximum Gasteiger partial charge on any atom is 0.237 e. The molecule has 0 saturated carbocycles. The number of aliphatic hydroxyl groups excluding tert-OH is 1. The largest absolute Gasteiger partial charge is 0.396 e. The van der Waals surface area contributed by atoms with Crippen molar-refractivity contribution >= 4 is 5.91 Å². The van der Waals surface area contributed by atoms with E-state index in [2.05, 4.69) is 5.32 Å². The van der Waals surface area contributed by atoms with Crippen molar-refractivity contribution in [3.05, 3.63) is 0 Å². The number of hydrogen-bond acceptors (Lipinski definition) is 3. The molecule has 1 amide bonds. The van der Waals surface area contributed by atoms with E-state index in [1.54, 1.807) is 0 Å². The third kappa shape index (κ3) is 4.85. The molecule has 0 rings (SSSR count). The lowest BCUT2D eigenvalue weighted by Crippen LogP contribution is -2.44. The SMILES string of the molecule is CCC(C)C(N)C(=O)NCCCO. The molecule has 4 nitrogen and oxygen atoms in total. The van der Waals surface area contributed by atoms with Crippen LogP contribution in [0.4, 0.5) is 0 Å². The Morgan fingerprint density at radius 3 is 2.69 bits per heavy atom. The molecule has 0 aromatic rings. The molecule has 0 aliphatic rings. The first kappa shape index (κ1) is 12.4. The zero-order chi connectivity index (χ0) is 10.3. The maximum absolute atomic E-state index is 11.3. The highest BCUT2D eigenvalue weighted by Crippen LogP contribution is 2.04. The lowest BCUT2D eigenvalue weighted by atomic mass is 9.99. The van der Waals surface area contributed by atoms with Gasteiger partial charge in [0.05, 0.1) is 6.04 Å². The zero-order valence-electron chi connectivity index (χ0n) is 8.42. The summed E-state index contributed by atoms with van der Waals surface area (Å²) in [7, 11) is 0. The Morgan fingerprint density at radius 1 is 1.62 bits per heavy atom. The molecule has 0 fully saturated rings. The number of carbonyl (C=O) groups excluding carboxylic acids is 1. The third-order valence-electron chi connectivity index (χ3n) is 2.19. The Morgan fingerprint density at radius 2 is 2.23 bits per heavy atom. The summed E-state index contributed by atoms with van der Waals surface area (Å²) < 4.78 is 0. The zero-order valence-corrected chi connectivity index (χ0v) is 8.42. The summed E-state index contributed by atoms with van der Waals surface area (Å²) >= 11 is 0. The second kappa shape index (κ2) is 6.86. The van der Waals surface area contributed by atoms with E-state index in [1.165, 1.54) is 0 Å². The number of carbonyl (C=O) groups is 1. The highest BCUT2D eigenvalue weighted by molar-refractivity contribution is 5.81. The smallest absolute Gasteiger partial charge is 0.237 e. The van der Waals surface area contributed by atoms with Gasteiger partial charge in [-0.2, -0.15) is 0 Å². The van der Waals surface area contributed by atoms with Crippen LogP contribution in [0.15, 0.2) is 0 Å². The van der Waals surface area contributed by atoms with Gasteiger partial charge in [0, 0.05) is 13.2 Å². The number of nitrogens with one attached hydrogen (secondary N) is 1. The fraction of sp³-hybridized carbons (Fsp3) is 0.889. The fourth-order valence-corrected chi connectivity index (χ4v) is 0.921. The Hall–Kier alpha value is -0.610. The molecular formula is C9H20N2O2. The highest BCUT2D eigenvalue weighted by atomic mass is 16.3. The molecule has 2 atom stereocenters. The normalized spacial score (nSPS) is 15.1. The van der Waals surface area contributed by atoms with Gasteiger partial charge in [0.2, 0.25) is 5.91 Å². The summed E-state index contributed by atoms with van der Waals surface area (Å²) in [5.41, 5.74) is 5.68. The van der Waals surface area contributed by atoms with E-state index < -0.39 is 6.04 Å². The average molecular weight is 188 g/mol. The van der Waals surface area contributed by atoms with Gasteiger partial charge in [0.25, 0.3) is 0 Å². The summed E-state index contributed by atoms with van der Waals surface area (Å²) in [6.45, 7) is 4.56. The van der Waals surface area contributed by atoms with Crippen LogP contribution >= 0.6 is 0 Å². The predicted octanol–water partition coefficient (Wildman–Crippen LogP) is -0.142. The number of hydrogen-bond donors (Lipinski definition) is 3. The molecule has 2 unspecified atom stereocenters. The summed E-state index contributed by atoms with van der Waals surface area (Å²) in [4.78, 5) is 11.3. The Labute approximate surface area is 79.5 Å². The number of amides is 1. The van der Waals surface area contributed by atoms with Crippen molar-refractivity contribution in [2.45, 2.75) is 32.7 Å². The van der Waals surface area contributed by atoms with Crippen molar-refractivity contribution in [3.63, 3.8) is 0 Å². The van der Waals surface area contributed by atoms with Crippen molar-refractivity contribution in [2.75, 3.05) is 13.2 Å². The molecule has 0 radical (unpaired) electrons. The third-order valence-corrected chi connectivity index (χ3v) is 2.19. The van der Waals surface area contributed by atoms with E-state index in [0.29, 0.717) is 13.0 Å². The minimum atomic E-state index is -0.427. The highest BCUT2D eigenvalue weighted by Gasteiger charge is 2.18. The molecule has 0 saturated heterocycles. The minimum absolute atomic E-state index is 0.0961. The van der Waals surface area contributed by atoms with Crippen LogP contribution in [0.2, 0.25) is 0 Å². The van der Waals surface area contributed by atoms with E-state index in [9.17, 15) is 4.79 Å². The minimum Gasteiger partial charge on any atom is -0.396 e. The molecule has 4 heteroatoms. The Balaban J connectivity index is 3.69. The molecule has 0 aliphatic carbocycles. The second-order valence-corrected chi connectivity index (χ2v) is 3.28. The molecular weight excluding hydrogens is 168 g/mol. The number of nitrogens with two attached hydrogens (primary N) is 1. The van der Waals surface area contributed by atoms with Crippen LogP contribution < -0.4 is 11.1 Å². The van der Waals surface area contributed by atoms with Crippen LogP contribution in [0.3, 0.4) is 0 Å². The summed E-state index contributed by atoms with van der Waals surface area (Å²) in [6.07, 6.45) is 1.48. The van der Waals surface area contributed by atoms with Crippen molar-refractivity contribution in [3.8, 4) is 0 Å². The van der Waals surface area contributed by atoms with Crippen LogP contribution in [0.1, 0.15) is 26.7 Å². The van der Waals surface area contributed by atoms with Crippen LogP contribution in [0.5, 0.6) is 0 Å². The molecule has 0 aromatic carbocycles. The quantitative estimate of drug-likeness (QED) is 0.508. The van der Waals surface area contributed by atoms with Gasteiger partial charge in [0.15, 0.2) is 0 Å². The van der Waals surface area contributed by atoms with E-state index in [4.69, 9.17) is 10.8 Å². The van der Waals surface area contributed by atoms with Gasteiger partial charge in [0.1, 0.15) is 0 Å². The first-order valence-electron chi connectivity index (χ1n) is 4.77. The number of rotatable bonds is 6. The van der Waals surface area contributed by atoms with Gasteiger partial charge in [-0.05, 0) is 12.3 Å². The first-order chi connectivity index (χ1) is 6.13. The lowest BCUT2D eigenvalue weighted by Gasteiger charge is -2.17. The molecule has 0 bridgehead atoms. The van der Waals surface area contributed by atoms with Gasteiger partial charge >= 0.3 is 0 Å². The molecule has 78 valence electrons. The van der Waals surface area contributed by atoms with Gasteiger partial charge in [-0.3, -0.25) is 4.79 Å². The monoisotopic (exact) mass is 188 g/mol. The first-order valence-corrected chi connectivity index (χ1v) is 4.77. The van der Waals surface area contributed by atoms with E-state index >= 15 is 0 Å². The Kier molecular flexibility index (Phi) is 6.54. The topological polar surface area (TPSA) is 75.4 Å². The van der Waals surface area contributed by atoms with Crippen LogP contribution in [0, 0.1) is 5.92 Å². The molecule has 13 heavy (non-hydrogen) atoms. The summed E-state index contributed by atoms with van der Waals surface area (Å²) in [5, 5.41) is 11.2. The second-order valence-electron chi connectivity index (χ2n) is 3.28. The fourth-order valence-electron chi connectivity index (χ4n) is 0.921. The van der Waals surface area contributed by atoms with E-state index in [-0.39, 0.29) is 18.4 Å². The van der Waals surface area contributed by atoms with Gasteiger partial charge in [-0.1, -0.05) is 20.3 Å². The van der Waals surface area contributed by atoms with Gasteiger partial charge in [-0.15, -0.1) is 0 Å². The lowest BCUT2D eigenvalue weighted by molar-refractivity contribution is -0.123.